The highest BCUT2D eigenvalue weighted by atomic mass is 32.2. The van der Waals surface area contributed by atoms with E-state index in [2.05, 4.69) is 20.8 Å². The lowest BCUT2D eigenvalue weighted by atomic mass is 9.85. The van der Waals surface area contributed by atoms with E-state index in [0.29, 0.717) is 16.8 Å². The largest absolute Gasteiger partial charge is 0.355 e. The highest BCUT2D eigenvalue weighted by Crippen LogP contribution is 2.25. The molecule has 1 N–H and O–H groups in total. The number of nitrogens with one attached hydrogen (secondary N) is 1. The fourth-order valence-corrected chi connectivity index (χ4v) is 2.16. The normalized spacial score (nSPS) is 15.8. The Morgan fingerprint density at radius 1 is 1.62 bits per heavy atom. The highest BCUT2D eigenvalue weighted by molar-refractivity contribution is 7.99. The first-order valence-corrected chi connectivity index (χ1v) is 6.36. The highest BCUT2D eigenvalue weighted by Gasteiger charge is 2.17. The van der Waals surface area contributed by atoms with Crippen LogP contribution in [0.3, 0.4) is 0 Å². The van der Waals surface area contributed by atoms with Gasteiger partial charge in [-0.3, -0.25) is 4.79 Å². The summed E-state index contributed by atoms with van der Waals surface area (Å²) in [4.78, 5) is 11.5. The van der Waals surface area contributed by atoms with Crippen LogP contribution in [0.4, 0.5) is 0 Å². The summed E-state index contributed by atoms with van der Waals surface area (Å²) in [5.41, 5.74) is 0. The molecule has 0 unspecified atom stereocenters. The van der Waals surface area contributed by atoms with Crippen LogP contribution in [0.15, 0.2) is 5.16 Å². The Balaban J connectivity index is 1.65. The van der Waals surface area contributed by atoms with Crippen molar-refractivity contribution in [1.29, 1.82) is 0 Å². The standard InChI is InChI=1S/C9H15N5OS/c1-14-9(11-12-13-14)16-6-8(15)10-5-7-3-2-4-7/h7H,2-6H2,1H3,(H,10,15). The van der Waals surface area contributed by atoms with Gasteiger partial charge in [-0.05, 0) is 29.2 Å². The number of amides is 1. The van der Waals surface area contributed by atoms with Gasteiger partial charge in [0.15, 0.2) is 0 Å². The molecule has 0 aromatic carbocycles. The molecule has 7 heteroatoms. The maximum Gasteiger partial charge on any atom is 0.230 e. The van der Waals surface area contributed by atoms with Crippen molar-refractivity contribution in [3.63, 3.8) is 0 Å². The number of aryl methyl sites for hydroxylation is 1. The molecule has 1 aromatic rings. The molecule has 0 aliphatic heterocycles. The lowest BCUT2D eigenvalue weighted by molar-refractivity contribution is -0.118. The van der Waals surface area contributed by atoms with Crippen molar-refractivity contribution in [2.45, 2.75) is 24.4 Å². The van der Waals surface area contributed by atoms with Crippen LogP contribution in [-0.4, -0.2) is 38.4 Å². The van der Waals surface area contributed by atoms with Crippen molar-refractivity contribution in [1.82, 2.24) is 25.5 Å². The first-order valence-electron chi connectivity index (χ1n) is 5.37. The number of hydrogen-bond acceptors (Lipinski definition) is 5. The van der Waals surface area contributed by atoms with E-state index in [0.717, 1.165) is 6.54 Å². The van der Waals surface area contributed by atoms with Crippen molar-refractivity contribution in [2.24, 2.45) is 13.0 Å². The van der Waals surface area contributed by atoms with Crippen molar-refractivity contribution in [3.05, 3.63) is 0 Å². The van der Waals surface area contributed by atoms with Gasteiger partial charge in [-0.15, -0.1) is 5.10 Å². The molecule has 1 aliphatic carbocycles. The fraction of sp³-hybridized carbons (Fsp3) is 0.778. The zero-order valence-electron chi connectivity index (χ0n) is 9.22. The molecular weight excluding hydrogens is 226 g/mol. The van der Waals surface area contributed by atoms with E-state index in [-0.39, 0.29) is 5.91 Å². The van der Waals surface area contributed by atoms with E-state index < -0.39 is 0 Å². The third kappa shape index (κ3) is 2.94. The summed E-state index contributed by atoms with van der Waals surface area (Å²) < 4.78 is 1.56. The average Bonchev–Trinajstić information content (AvgIpc) is 2.59. The minimum atomic E-state index is 0.0555. The molecule has 1 aromatic heterocycles. The summed E-state index contributed by atoms with van der Waals surface area (Å²) in [5.74, 6) is 1.13. The summed E-state index contributed by atoms with van der Waals surface area (Å²) in [7, 11) is 1.76. The third-order valence-corrected chi connectivity index (χ3v) is 3.74. The van der Waals surface area contributed by atoms with E-state index in [9.17, 15) is 4.79 Å². The molecule has 1 heterocycles. The first kappa shape index (κ1) is 11.4. The van der Waals surface area contributed by atoms with E-state index in [1.165, 1.54) is 31.0 Å². The van der Waals surface area contributed by atoms with E-state index in [1.54, 1.807) is 11.7 Å². The van der Waals surface area contributed by atoms with Crippen molar-refractivity contribution < 1.29 is 4.79 Å². The summed E-state index contributed by atoms with van der Waals surface area (Å²) in [6.45, 7) is 0.816. The number of hydrogen-bond donors (Lipinski definition) is 1. The second-order valence-electron chi connectivity index (χ2n) is 3.97. The van der Waals surface area contributed by atoms with Gasteiger partial charge in [0.2, 0.25) is 11.1 Å². The number of aromatic nitrogens is 4. The van der Waals surface area contributed by atoms with Gasteiger partial charge in [0.05, 0.1) is 5.75 Å². The zero-order valence-corrected chi connectivity index (χ0v) is 10.0. The predicted molar refractivity (Wildman–Crippen MR) is 59.9 cm³/mol. The van der Waals surface area contributed by atoms with Gasteiger partial charge in [-0.2, -0.15) is 0 Å². The van der Waals surface area contributed by atoms with Crippen LogP contribution < -0.4 is 5.32 Å². The third-order valence-electron chi connectivity index (χ3n) is 2.73. The predicted octanol–water partition coefficient (Wildman–Crippen LogP) is 0.218. The maximum absolute atomic E-state index is 11.5. The molecule has 0 saturated heterocycles. The molecule has 1 saturated carbocycles. The number of rotatable bonds is 5. The van der Waals surface area contributed by atoms with Gasteiger partial charge in [-0.1, -0.05) is 18.2 Å². The molecule has 1 fully saturated rings. The molecule has 6 nitrogen and oxygen atoms in total. The van der Waals surface area contributed by atoms with Crippen LogP contribution in [0.2, 0.25) is 0 Å². The molecule has 1 amide bonds. The molecule has 0 bridgehead atoms. The summed E-state index contributed by atoms with van der Waals surface area (Å²) >= 11 is 1.35. The number of tetrazole rings is 1. The molecule has 1 aliphatic rings. The Morgan fingerprint density at radius 2 is 2.44 bits per heavy atom. The monoisotopic (exact) mass is 241 g/mol. The smallest absolute Gasteiger partial charge is 0.230 e. The van der Waals surface area contributed by atoms with Gasteiger partial charge < -0.3 is 5.32 Å². The topological polar surface area (TPSA) is 72.7 Å². The van der Waals surface area contributed by atoms with Gasteiger partial charge >= 0.3 is 0 Å². The van der Waals surface area contributed by atoms with E-state index in [4.69, 9.17) is 0 Å². The summed E-state index contributed by atoms with van der Waals surface area (Å²) in [6, 6.07) is 0. The van der Waals surface area contributed by atoms with Gasteiger partial charge in [0.1, 0.15) is 0 Å². The van der Waals surface area contributed by atoms with Crippen LogP contribution in [0, 0.1) is 5.92 Å². The average molecular weight is 241 g/mol. The number of carbonyl (C=O) groups excluding carboxylic acids is 1. The Kier molecular flexibility index (Phi) is 3.76. The van der Waals surface area contributed by atoms with Gasteiger partial charge in [0.25, 0.3) is 0 Å². The maximum atomic E-state index is 11.5. The van der Waals surface area contributed by atoms with Crippen molar-refractivity contribution in [3.8, 4) is 0 Å². The first-order chi connectivity index (χ1) is 7.75. The lowest BCUT2D eigenvalue weighted by Crippen LogP contribution is -2.33. The minimum absolute atomic E-state index is 0.0555. The van der Waals surface area contributed by atoms with E-state index >= 15 is 0 Å². The molecule has 0 radical (unpaired) electrons. The summed E-state index contributed by atoms with van der Waals surface area (Å²) in [5, 5.41) is 14.6. The van der Waals surface area contributed by atoms with E-state index in [1.807, 2.05) is 0 Å². The van der Waals surface area contributed by atoms with Gasteiger partial charge in [-0.25, -0.2) is 4.68 Å². The molecule has 88 valence electrons. The zero-order chi connectivity index (χ0) is 11.4. The second-order valence-corrected chi connectivity index (χ2v) is 4.92. The Morgan fingerprint density at radius 3 is 3.00 bits per heavy atom. The van der Waals surface area contributed by atoms with Crippen LogP contribution in [0.25, 0.3) is 0 Å². The van der Waals surface area contributed by atoms with Crippen LogP contribution >= 0.6 is 11.8 Å². The number of thioether (sulfide) groups is 1. The van der Waals surface area contributed by atoms with Crippen molar-refractivity contribution in [2.75, 3.05) is 12.3 Å². The Bertz CT molecular complexity index is 363. The van der Waals surface area contributed by atoms with Crippen LogP contribution in [0.1, 0.15) is 19.3 Å². The lowest BCUT2D eigenvalue weighted by Gasteiger charge is -2.25. The molecule has 2 rings (SSSR count). The Labute approximate surface area is 98.2 Å². The molecule has 0 spiro atoms. The van der Waals surface area contributed by atoms with Gasteiger partial charge in [0, 0.05) is 13.6 Å². The number of carbonyl (C=O) groups is 1. The summed E-state index contributed by atoms with van der Waals surface area (Å²) in [6.07, 6.45) is 3.81. The minimum Gasteiger partial charge on any atom is -0.355 e. The molecule has 0 atom stereocenters. The van der Waals surface area contributed by atoms with Crippen molar-refractivity contribution >= 4 is 17.7 Å². The van der Waals surface area contributed by atoms with Crippen LogP contribution in [0.5, 0.6) is 0 Å². The quantitative estimate of drug-likeness (QED) is 0.746. The second kappa shape index (κ2) is 5.29. The molecular formula is C9H15N5OS. The Hall–Kier alpha value is -1.11. The fourth-order valence-electron chi connectivity index (χ4n) is 1.48. The van der Waals surface area contributed by atoms with Crippen LogP contribution in [-0.2, 0) is 11.8 Å². The SMILES string of the molecule is Cn1nnnc1SCC(=O)NCC1CCC1. The number of nitrogens with zero attached hydrogens (tertiary/aromatic N) is 4. The molecule has 16 heavy (non-hydrogen) atoms.